The fourth-order valence-corrected chi connectivity index (χ4v) is 3.37. The molecule has 1 amide bonds. The fraction of sp³-hybridized carbons (Fsp3) is 0.600. The van der Waals surface area contributed by atoms with Crippen LogP contribution in [0.4, 0.5) is 5.00 Å². The van der Waals surface area contributed by atoms with E-state index in [2.05, 4.69) is 28.1 Å². The predicted molar refractivity (Wildman–Crippen MR) is 87.0 cm³/mol. The number of rotatable bonds is 6. The molecule has 7 heteroatoms. The number of nitrogens with one attached hydrogen (secondary N) is 1. The molecule has 2 heterocycles. The van der Waals surface area contributed by atoms with Crippen LogP contribution in [0.15, 0.2) is 11.4 Å². The lowest BCUT2D eigenvalue weighted by molar-refractivity contribution is -0.118. The molecular weight excluding hydrogens is 300 g/mol. The molecule has 120 valence electrons. The molecule has 0 radical (unpaired) electrons. The van der Waals surface area contributed by atoms with Crippen molar-refractivity contribution in [1.29, 1.82) is 5.26 Å². The maximum atomic E-state index is 12.1. The zero-order valence-electron chi connectivity index (χ0n) is 13.0. The first-order valence-corrected chi connectivity index (χ1v) is 8.24. The highest BCUT2D eigenvalue weighted by Crippen LogP contribution is 2.22. The van der Waals surface area contributed by atoms with Gasteiger partial charge >= 0.3 is 0 Å². The Morgan fingerprint density at radius 3 is 3.09 bits per heavy atom. The molecule has 1 aliphatic heterocycles. The molecule has 0 spiro atoms. The highest BCUT2D eigenvalue weighted by Gasteiger charge is 2.24. The number of methoxy groups -OCH3 is 1. The lowest BCUT2D eigenvalue weighted by atomic mass is 10.2. The number of hydrogen-bond donors (Lipinski definition) is 1. The zero-order valence-corrected chi connectivity index (χ0v) is 13.9. The maximum absolute atomic E-state index is 12.1. The molecule has 0 saturated carbocycles. The zero-order chi connectivity index (χ0) is 15.9. The van der Waals surface area contributed by atoms with Crippen LogP contribution in [0.25, 0.3) is 0 Å². The van der Waals surface area contributed by atoms with Crippen molar-refractivity contribution < 1.29 is 9.53 Å². The summed E-state index contributed by atoms with van der Waals surface area (Å²) in [4.78, 5) is 16.7. The number of amides is 1. The molecule has 1 aromatic rings. The van der Waals surface area contributed by atoms with Gasteiger partial charge in [0, 0.05) is 39.3 Å². The van der Waals surface area contributed by atoms with Gasteiger partial charge in [-0.05, 0) is 18.4 Å². The standard InChI is InChI=1S/C15H22N4O2S/c1-12-10-18(4-5-19(12)6-7-21-2)11-14(20)17-15-13(9-16)3-8-22-15/h3,8,12H,4-7,10-11H2,1-2H3,(H,17,20)/t12-/m0/s1. The van der Waals surface area contributed by atoms with Gasteiger partial charge in [0.05, 0.1) is 18.7 Å². The van der Waals surface area contributed by atoms with E-state index in [0.29, 0.717) is 23.2 Å². The molecule has 1 aromatic heterocycles. The van der Waals surface area contributed by atoms with Crippen LogP contribution in [0.2, 0.25) is 0 Å². The number of carbonyl (C=O) groups is 1. The Bertz CT molecular complexity index is 540. The van der Waals surface area contributed by atoms with E-state index in [9.17, 15) is 4.79 Å². The van der Waals surface area contributed by atoms with Gasteiger partial charge < -0.3 is 10.1 Å². The van der Waals surface area contributed by atoms with Crippen LogP contribution in [0.5, 0.6) is 0 Å². The van der Waals surface area contributed by atoms with Gasteiger partial charge in [0.25, 0.3) is 0 Å². The van der Waals surface area contributed by atoms with Crippen molar-refractivity contribution in [3.63, 3.8) is 0 Å². The molecule has 22 heavy (non-hydrogen) atoms. The van der Waals surface area contributed by atoms with E-state index in [1.54, 1.807) is 13.2 Å². The monoisotopic (exact) mass is 322 g/mol. The summed E-state index contributed by atoms with van der Waals surface area (Å²) < 4.78 is 5.12. The van der Waals surface area contributed by atoms with Crippen molar-refractivity contribution in [2.45, 2.75) is 13.0 Å². The fourth-order valence-electron chi connectivity index (χ4n) is 2.62. The first-order valence-electron chi connectivity index (χ1n) is 7.36. The van der Waals surface area contributed by atoms with Crippen LogP contribution < -0.4 is 5.32 Å². The van der Waals surface area contributed by atoms with Crippen LogP contribution >= 0.6 is 11.3 Å². The molecule has 0 unspecified atom stereocenters. The summed E-state index contributed by atoms with van der Waals surface area (Å²) in [6, 6.07) is 4.21. The molecule has 1 saturated heterocycles. The average molecular weight is 322 g/mol. The molecule has 1 aliphatic rings. The third-order valence-electron chi connectivity index (χ3n) is 3.84. The van der Waals surface area contributed by atoms with E-state index in [4.69, 9.17) is 10.00 Å². The van der Waals surface area contributed by atoms with E-state index < -0.39 is 0 Å². The van der Waals surface area contributed by atoms with Crippen molar-refractivity contribution in [3.05, 3.63) is 17.0 Å². The van der Waals surface area contributed by atoms with E-state index in [0.717, 1.165) is 32.8 Å². The maximum Gasteiger partial charge on any atom is 0.239 e. The normalized spacial score (nSPS) is 19.8. The van der Waals surface area contributed by atoms with Gasteiger partial charge in [-0.15, -0.1) is 11.3 Å². The number of ether oxygens (including phenoxy) is 1. The molecule has 0 aliphatic carbocycles. The molecule has 6 nitrogen and oxygen atoms in total. The second-order valence-corrected chi connectivity index (χ2v) is 6.35. The highest BCUT2D eigenvalue weighted by molar-refractivity contribution is 7.14. The molecule has 1 N–H and O–H groups in total. The van der Waals surface area contributed by atoms with Gasteiger partial charge in [-0.3, -0.25) is 14.6 Å². The van der Waals surface area contributed by atoms with Crippen molar-refractivity contribution in [2.24, 2.45) is 0 Å². The lowest BCUT2D eigenvalue weighted by Crippen LogP contribution is -2.54. The quantitative estimate of drug-likeness (QED) is 0.852. The predicted octanol–water partition coefficient (Wildman–Crippen LogP) is 1.21. The Morgan fingerprint density at radius 2 is 2.41 bits per heavy atom. The summed E-state index contributed by atoms with van der Waals surface area (Å²) in [7, 11) is 1.71. The second-order valence-electron chi connectivity index (χ2n) is 5.44. The van der Waals surface area contributed by atoms with Gasteiger partial charge in [0.2, 0.25) is 5.91 Å². The summed E-state index contributed by atoms with van der Waals surface area (Å²) in [5, 5.41) is 14.2. The van der Waals surface area contributed by atoms with Gasteiger partial charge in [0.1, 0.15) is 11.1 Å². The first-order chi connectivity index (χ1) is 10.6. The number of piperazine rings is 1. The third-order valence-corrected chi connectivity index (χ3v) is 4.67. The molecule has 1 fully saturated rings. The van der Waals surface area contributed by atoms with Gasteiger partial charge in [-0.1, -0.05) is 0 Å². The lowest BCUT2D eigenvalue weighted by Gasteiger charge is -2.39. The summed E-state index contributed by atoms with van der Waals surface area (Å²) in [5.74, 6) is -0.0588. The SMILES string of the molecule is COCCN1CCN(CC(=O)Nc2sccc2C#N)C[C@@H]1C. The van der Waals surface area contributed by atoms with Crippen LogP contribution in [-0.2, 0) is 9.53 Å². The van der Waals surface area contributed by atoms with Crippen LogP contribution in [0.3, 0.4) is 0 Å². The smallest absolute Gasteiger partial charge is 0.239 e. The Labute approximate surface area is 135 Å². The van der Waals surface area contributed by atoms with Crippen LogP contribution in [0, 0.1) is 11.3 Å². The Hall–Kier alpha value is -1.46. The van der Waals surface area contributed by atoms with E-state index in [1.807, 2.05) is 5.38 Å². The number of nitriles is 1. The summed E-state index contributed by atoms with van der Waals surface area (Å²) in [5.41, 5.74) is 0.524. The van der Waals surface area contributed by atoms with E-state index >= 15 is 0 Å². The molecule has 0 bridgehead atoms. The first kappa shape index (κ1) is 16.9. The minimum absolute atomic E-state index is 0.0588. The van der Waals surface area contributed by atoms with Crippen molar-refractivity contribution in [3.8, 4) is 6.07 Å². The number of thiophene rings is 1. The van der Waals surface area contributed by atoms with Crippen molar-refractivity contribution in [2.75, 3.05) is 51.8 Å². The number of anilines is 1. The topological polar surface area (TPSA) is 68.6 Å². The molecule has 1 atom stereocenters. The largest absolute Gasteiger partial charge is 0.383 e. The minimum Gasteiger partial charge on any atom is -0.383 e. The van der Waals surface area contributed by atoms with Gasteiger partial charge in [-0.25, -0.2) is 0 Å². The summed E-state index contributed by atoms with van der Waals surface area (Å²) >= 11 is 1.38. The minimum atomic E-state index is -0.0588. The molecular formula is C15H22N4O2S. The summed E-state index contributed by atoms with van der Waals surface area (Å²) in [6.07, 6.45) is 0. The van der Waals surface area contributed by atoms with E-state index in [1.165, 1.54) is 11.3 Å². The Kier molecular flexibility index (Phi) is 6.34. The second kappa shape index (κ2) is 8.25. The average Bonchev–Trinajstić information content (AvgIpc) is 2.93. The van der Waals surface area contributed by atoms with Crippen molar-refractivity contribution >= 4 is 22.2 Å². The molecule has 2 rings (SSSR count). The number of carbonyl (C=O) groups excluding carboxylic acids is 1. The van der Waals surface area contributed by atoms with Crippen molar-refractivity contribution in [1.82, 2.24) is 9.80 Å². The van der Waals surface area contributed by atoms with Crippen LogP contribution in [-0.4, -0.2) is 68.2 Å². The van der Waals surface area contributed by atoms with Gasteiger partial charge in [0.15, 0.2) is 0 Å². The summed E-state index contributed by atoms with van der Waals surface area (Å²) in [6.45, 7) is 6.89. The van der Waals surface area contributed by atoms with Crippen LogP contribution in [0.1, 0.15) is 12.5 Å². The van der Waals surface area contributed by atoms with E-state index in [-0.39, 0.29) is 5.91 Å². The molecule has 0 aromatic carbocycles. The Morgan fingerprint density at radius 1 is 1.59 bits per heavy atom. The number of nitrogens with zero attached hydrogens (tertiary/aromatic N) is 3. The highest BCUT2D eigenvalue weighted by atomic mass is 32.1. The Balaban J connectivity index is 1.80. The third kappa shape index (κ3) is 4.52. The number of hydrogen-bond acceptors (Lipinski definition) is 6. The van der Waals surface area contributed by atoms with Gasteiger partial charge in [-0.2, -0.15) is 5.26 Å².